The van der Waals surface area contributed by atoms with Crippen molar-refractivity contribution >= 4 is 70.6 Å². The first-order valence-corrected chi connectivity index (χ1v) is 13.7. The number of amides is 1. The molecule has 1 fully saturated rings. The van der Waals surface area contributed by atoms with Gasteiger partial charge in [0.25, 0.3) is 10.0 Å². The number of nitrogens with one attached hydrogen (secondary N) is 1. The summed E-state index contributed by atoms with van der Waals surface area (Å²) in [6.45, 7) is 4.54. The Hall–Kier alpha value is -1.86. The molecule has 0 aliphatic carbocycles. The molecule has 166 valence electrons. The number of nitrogens with zero attached hydrogens (tertiary/aromatic N) is 2. The molecular formula is C19H21N3O5S4. The maximum atomic E-state index is 12.7. The van der Waals surface area contributed by atoms with Crippen molar-refractivity contribution in [3.63, 3.8) is 0 Å². The molecule has 1 N–H and O–H groups in total. The van der Waals surface area contributed by atoms with Crippen LogP contribution in [-0.4, -0.2) is 49.3 Å². The number of thiazole rings is 1. The molecule has 0 bridgehead atoms. The number of carbonyl (C=O) groups is 2. The molecule has 0 spiro atoms. The predicted octanol–water partition coefficient (Wildman–Crippen LogP) is 3.94. The molecule has 31 heavy (non-hydrogen) atoms. The SMILES string of the molecule is CCOC(=O)c1sc2nc(NC(=O)C3CCN(S(=O)(=O)c4cccs4)CC3)sc2c1C. The molecule has 12 heteroatoms. The normalized spacial score (nSPS) is 15.9. The number of esters is 1. The highest BCUT2D eigenvalue weighted by atomic mass is 32.2. The van der Waals surface area contributed by atoms with E-state index in [1.807, 2.05) is 6.92 Å². The Balaban J connectivity index is 1.39. The second kappa shape index (κ2) is 8.94. The Morgan fingerprint density at radius 1 is 1.29 bits per heavy atom. The van der Waals surface area contributed by atoms with Gasteiger partial charge in [0.1, 0.15) is 13.9 Å². The van der Waals surface area contributed by atoms with E-state index in [0.717, 1.165) is 10.3 Å². The number of thiophene rings is 2. The Labute approximate surface area is 191 Å². The Morgan fingerprint density at radius 3 is 2.65 bits per heavy atom. The van der Waals surface area contributed by atoms with Gasteiger partial charge in [-0.25, -0.2) is 18.2 Å². The number of carbonyl (C=O) groups excluding carboxylic acids is 2. The van der Waals surface area contributed by atoms with Crippen molar-refractivity contribution in [3.8, 4) is 0 Å². The highest BCUT2D eigenvalue weighted by Crippen LogP contribution is 2.37. The Kier molecular flexibility index (Phi) is 6.44. The molecule has 1 aliphatic heterocycles. The van der Waals surface area contributed by atoms with Crippen LogP contribution in [0.15, 0.2) is 21.7 Å². The first kappa shape index (κ1) is 22.3. The maximum Gasteiger partial charge on any atom is 0.348 e. The van der Waals surface area contributed by atoms with Crippen molar-refractivity contribution in [3.05, 3.63) is 28.0 Å². The highest BCUT2D eigenvalue weighted by Gasteiger charge is 2.33. The summed E-state index contributed by atoms with van der Waals surface area (Å²) < 4.78 is 33.0. The molecule has 0 unspecified atom stereocenters. The van der Waals surface area contributed by atoms with Crippen molar-refractivity contribution in [1.82, 2.24) is 9.29 Å². The third-order valence-electron chi connectivity index (χ3n) is 5.08. The first-order chi connectivity index (χ1) is 14.8. The van der Waals surface area contributed by atoms with Gasteiger partial charge >= 0.3 is 5.97 Å². The van der Waals surface area contributed by atoms with Gasteiger partial charge < -0.3 is 10.1 Å². The smallest absolute Gasteiger partial charge is 0.348 e. The van der Waals surface area contributed by atoms with Crippen molar-refractivity contribution in [2.45, 2.75) is 30.9 Å². The van der Waals surface area contributed by atoms with Crippen LogP contribution in [0.3, 0.4) is 0 Å². The molecule has 3 aromatic rings. The van der Waals surface area contributed by atoms with E-state index < -0.39 is 10.0 Å². The number of aromatic nitrogens is 1. The van der Waals surface area contributed by atoms with Crippen LogP contribution in [0.4, 0.5) is 5.13 Å². The number of ether oxygens (including phenoxy) is 1. The van der Waals surface area contributed by atoms with Gasteiger partial charge in [0.2, 0.25) is 5.91 Å². The van der Waals surface area contributed by atoms with Crippen molar-refractivity contribution < 1.29 is 22.7 Å². The number of hydrogen-bond acceptors (Lipinski definition) is 9. The van der Waals surface area contributed by atoms with Gasteiger partial charge in [-0.1, -0.05) is 17.4 Å². The molecule has 0 saturated carbocycles. The third-order valence-corrected chi connectivity index (χ3v) is 10.7. The number of rotatable bonds is 6. The number of piperidine rings is 1. The zero-order valence-electron chi connectivity index (χ0n) is 16.9. The summed E-state index contributed by atoms with van der Waals surface area (Å²) in [6, 6.07) is 3.32. The molecule has 3 aromatic heterocycles. The fourth-order valence-electron chi connectivity index (χ4n) is 3.44. The van der Waals surface area contributed by atoms with E-state index in [9.17, 15) is 18.0 Å². The average molecular weight is 500 g/mol. The van der Waals surface area contributed by atoms with E-state index >= 15 is 0 Å². The third kappa shape index (κ3) is 4.40. The Bertz CT molecular complexity index is 1200. The van der Waals surface area contributed by atoms with Crippen LogP contribution in [0, 0.1) is 12.8 Å². The summed E-state index contributed by atoms with van der Waals surface area (Å²) in [6.07, 6.45) is 0.921. The first-order valence-electron chi connectivity index (χ1n) is 9.72. The summed E-state index contributed by atoms with van der Waals surface area (Å²) in [5.41, 5.74) is 0.809. The van der Waals surface area contributed by atoms with E-state index in [1.165, 1.54) is 38.3 Å². The maximum absolute atomic E-state index is 12.7. The second-order valence-corrected chi connectivity index (χ2v) is 12.1. The summed E-state index contributed by atoms with van der Waals surface area (Å²) in [5, 5.41) is 5.09. The second-order valence-electron chi connectivity index (χ2n) is 7.03. The monoisotopic (exact) mass is 499 g/mol. The van der Waals surface area contributed by atoms with Gasteiger partial charge in [-0.15, -0.1) is 22.7 Å². The lowest BCUT2D eigenvalue weighted by Gasteiger charge is -2.29. The minimum absolute atomic E-state index is 0.155. The molecule has 1 aliphatic rings. The number of aryl methyl sites for hydroxylation is 1. The standard InChI is InChI=1S/C19H21N3O5S4/c1-3-27-18(24)15-11(2)14-17(29-15)21-19(30-14)20-16(23)12-6-8-22(9-7-12)31(25,26)13-5-4-10-28-13/h4-5,10,12H,3,6-9H2,1-2H3,(H,20,21,23). The van der Waals surface area contributed by atoms with Gasteiger partial charge in [0.05, 0.1) is 11.3 Å². The van der Waals surface area contributed by atoms with Crippen LogP contribution < -0.4 is 5.32 Å². The van der Waals surface area contributed by atoms with Gasteiger partial charge in [-0.3, -0.25) is 4.79 Å². The van der Waals surface area contributed by atoms with Crippen molar-refractivity contribution in [2.75, 3.05) is 25.0 Å². The highest BCUT2D eigenvalue weighted by molar-refractivity contribution is 7.91. The van der Waals surface area contributed by atoms with Crippen molar-refractivity contribution in [2.24, 2.45) is 5.92 Å². The number of fused-ring (bicyclic) bond motifs is 1. The molecule has 1 saturated heterocycles. The van der Waals surface area contributed by atoms with Crippen LogP contribution in [0.1, 0.15) is 35.0 Å². The van der Waals surface area contributed by atoms with E-state index in [-0.39, 0.29) is 17.8 Å². The topological polar surface area (TPSA) is 106 Å². The molecule has 0 aromatic carbocycles. The van der Waals surface area contributed by atoms with Crippen LogP contribution in [0.5, 0.6) is 0 Å². The van der Waals surface area contributed by atoms with Gasteiger partial charge in [0.15, 0.2) is 5.13 Å². The summed E-state index contributed by atoms with van der Waals surface area (Å²) in [7, 11) is -3.48. The largest absolute Gasteiger partial charge is 0.462 e. The van der Waals surface area contributed by atoms with Crippen LogP contribution in [-0.2, 0) is 19.6 Å². The molecular weight excluding hydrogens is 478 g/mol. The van der Waals surface area contributed by atoms with Gasteiger partial charge in [-0.05, 0) is 43.7 Å². The van der Waals surface area contributed by atoms with E-state index in [2.05, 4.69) is 10.3 Å². The predicted molar refractivity (Wildman–Crippen MR) is 123 cm³/mol. The van der Waals surface area contributed by atoms with Crippen LogP contribution >= 0.6 is 34.0 Å². The van der Waals surface area contributed by atoms with E-state index in [1.54, 1.807) is 24.4 Å². The number of sulfonamides is 1. The zero-order valence-corrected chi connectivity index (χ0v) is 20.2. The zero-order chi connectivity index (χ0) is 22.2. The average Bonchev–Trinajstić information content (AvgIpc) is 3.47. The van der Waals surface area contributed by atoms with Crippen LogP contribution in [0.2, 0.25) is 0 Å². The van der Waals surface area contributed by atoms with Crippen LogP contribution in [0.25, 0.3) is 9.53 Å². The summed E-state index contributed by atoms with van der Waals surface area (Å²) in [4.78, 5) is 30.4. The molecule has 8 nitrogen and oxygen atoms in total. The molecule has 4 heterocycles. The lowest BCUT2D eigenvalue weighted by molar-refractivity contribution is -0.120. The van der Waals surface area contributed by atoms with E-state index in [0.29, 0.717) is 51.6 Å². The quantitative estimate of drug-likeness (QED) is 0.515. The fraction of sp³-hybridized carbons (Fsp3) is 0.421. The van der Waals surface area contributed by atoms with Gasteiger partial charge in [0, 0.05) is 19.0 Å². The lowest BCUT2D eigenvalue weighted by Crippen LogP contribution is -2.41. The molecule has 1 amide bonds. The minimum Gasteiger partial charge on any atom is -0.462 e. The van der Waals surface area contributed by atoms with Gasteiger partial charge in [-0.2, -0.15) is 4.31 Å². The van der Waals surface area contributed by atoms with Crippen molar-refractivity contribution in [1.29, 1.82) is 0 Å². The molecule has 0 radical (unpaired) electrons. The molecule has 4 rings (SSSR count). The lowest BCUT2D eigenvalue weighted by atomic mass is 9.97. The summed E-state index contributed by atoms with van der Waals surface area (Å²) in [5.74, 6) is -0.782. The minimum atomic E-state index is -3.48. The number of anilines is 1. The summed E-state index contributed by atoms with van der Waals surface area (Å²) >= 11 is 3.79. The van der Waals surface area contributed by atoms with E-state index in [4.69, 9.17) is 4.74 Å². The number of hydrogen-bond donors (Lipinski definition) is 1. The fourth-order valence-corrected chi connectivity index (χ4v) is 8.27. The molecule has 0 atom stereocenters. The Morgan fingerprint density at radius 2 is 2.03 bits per heavy atom.